The van der Waals surface area contributed by atoms with Crippen LogP contribution in [-0.4, -0.2) is 8.32 Å². The second kappa shape index (κ2) is 5.78. The van der Waals surface area contributed by atoms with Crippen LogP contribution in [0.2, 0.25) is 16.6 Å². The lowest BCUT2D eigenvalue weighted by Crippen LogP contribution is -2.50. The molecule has 0 aliphatic heterocycles. The van der Waals surface area contributed by atoms with E-state index in [9.17, 15) is 0 Å². The first-order valence-corrected chi connectivity index (χ1v) is 8.89. The summed E-state index contributed by atoms with van der Waals surface area (Å²) >= 11 is 0. The van der Waals surface area contributed by atoms with Gasteiger partial charge in [0.15, 0.2) is 0 Å². The summed E-state index contributed by atoms with van der Waals surface area (Å²) < 4.78 is 12.0. The molecule has 0 fully saturated rings. The Morgan fingerprint density at radius 2 is 1.56 bits per heavy atom. The average molecular weight is 266 g/mol. The van der Waals surface area contributed by atoms with Gasteiger partial charge in [0.05, 0.1) is 0 Å². The van der Waals surface area contributed by atoms with Crippen LogP contribution in [0.25, 0.3) is 6.08 Å². The Balaban J connectivity index is 3.07. The van der Waals surface area contributed by atoms with Crippen molar-refractivity contribution in [2.75, 3.05) is 0 Å². The number of rotatable bonds is 6. The minimum Gasteiger partial charge on any atom is -0.518 e. The molecule has 0 saturated heterocycles. The summed E-state index contributed by atoms with van der Waals surface area (Å²) in [7, 11) is -1.90. The fourth-order valence-electron chi connectivity index (χ4n) is 3.03. The molecule has 0 amide bonds. The maximum Gasteiger partial charge on any atom is 0.271 e. The van der Waals surface area contributed by atoms with Crippen LogP contribution in [0, 0.1) is 0 Å². The molecule has 1 heterocycles. The Morgan fingerprint density at radius 1 is 1.06 bits per heavy atom. The molecule has 1 aromatic rings. The van der Waals surface area contributed by atoms with Gasteiger partial charge in [-0.05, 0) is 28.8 Å². The van der Waals surface area contributed by atoms with E-state index in [1.807, 2.05) is 12.1 Å². The average Bonchev–Trinajstić information content (AvgIpc) is 2.71. The van der Waals surface area contributed by atoms with Crippen LogP contribution in [0.1, 0.15) is 47.3 Å². The van der Waals surface area contributed by atoms with E-state index >= 15 is 0 Å². The van der Waals surface area contributed by atoms with Crippen molar-refractivity contribution in [1.29, 1.82) is 0 Å². The Labute approximate surface area is 112 Å². The van der Waals surface area contributed by atoms with Crippen molar-refractivity contribution in [3.8, 4) is 5.95 Å². The highest BCUT2D eigenvalue weighted by Crippen LogP contribution is 2.42. The predicted octanol–water partition coefficient (Wildman–Crippen LogP) is 5.48. The lowest BCUT2D eigenvalue weighted by molar-refractivity contribution is 0.356. The van der Waals surface area contributed by atoms with Crippen LogP contribution >= 0.6 is 0 Å². The van der Waals surface area contributed by atoms with Crippen LogP contribution in [0.3, 0.4) is 0 Å². The zero-order valence-electron chi connectivity index (χ0n) is 12.5. The van der Waals surface area contributed by atoms with Crippen molar-refractivity contribution in [3.63, 3.8) is 0 Å². The molecule has 1 rings (SSSR count). The molecule has 0 bridgehead atoms. The summed E-state index contributed by atoms with van der Waals surface area (Å²) in [6, 6.07) is 3.81. The third-order valence-electron chi connectivity index (χ3n) is 3.79. The zero-order valence-corrected chi connectivity index (χ0v) is 13.5. The van der Waals surface area contributed by atoms with E-state index in [0.717, 1.165) is 5.76 Å². The van der Waals surface area contributed by atoms with E-state index in [0.29, 0.717) is 22.6 Å². The van der Waals surface area contributed by atoms with Crippen LogP contribution in [0.5, 0.6) is 5.95 Å². The zero-order chi connectivity index (χ0) is 13.9. The minimum absolute atomic E-state index is 0.551. The highest BCUT2D eigenvalue weighted by Gasteiger charge is 2.47. The van der Waals surface area contributed by atoms with E-state index < -0.39 is 8.32 Å². The van der Waals surface area contributed by atoms with Gasteiger partial charge in [-0.1, -0.05) is 48.1 Å². The molecule has 0 saturated carbocycles. The van der Waals surface area contributed by atoms with Gasteiger partial charge in [0, 0.05) is 6.07 Å². The highest BCUT2D eigenvalue weighted by molar-refractivity contribution is 6.78. The molecule has 2 nitrogen and oxygen atoms in total. The molecule has 0 aliphatic rings. The van der Waals surface area contributed by atoms with Gasteiger partial charge in [-0.2, -0.15) is 0 Å². The fraction of sp³-hybridized carbons (Fsp3) is 0.600. The number of hydrogen-bond acceptors (Lipinski definition) is 2. The third-order valence-corrected chi connectivity index (χ3v) is 9.76. The molecule has 0 aromatic carbocycles. The summed E-state index contributed by atoms with van der Waals surface area (Å²) in [5.74, 6) is 1.41. The van der Waals surface area contributed by atoms with Crippen LogP contribution in [0.15, 0.2) is 23.1 Å². The predicted molar refractivity (Wildman–Crippen MR) is 80.5 cm³/mol. The monoisotopic (exact) mass is 266 g/mol. The molecule has 18 heavy (non-hydrogen) atoms. The smallest absolute Gasteiger partial charge is 0.271 e. The first-order chi connectivity index (χ1) is 8.34. The molecular weight excluding hydrogens is 240 g/mol. The number of hydrogen-bond donors (Lipinski definition) is 0. The first kappa shape index (κ1) is 15.1. The van der Waals surface area contributed by atoms with Gasteiger partial charge in [-0.15, -0.1) is 0 Å². The van der Waals surface area contributed by atoms with Crippen molar-refractivity contribution in [3.05, 3.63) is 24.5 Å². The molecule has 0 spiro atoms. The van der Waals surface area contributed by atoms with E-state index in [1.54, 1.807) is 6.08 Å². The second-order valence-corrected chi connectivity index (χ2v) is 11.2. The quantitative estimate of drug-likeness (QED) is 0.636. The van der Waals surface area contributed by atoms with Crippen molar-refractivity contribution < 1.29 is 8.84 Å². The summed E-state index contributed by atoms with van der Waals surface area (Å²) in [6.07, 6.45) is 1.70. The summed E-state index contributed by atoms with van der Waals surface area (Å²) in [4.78, 5) is 0. The lowest BCUT2D eigenvalue weighted by Gasteiger charge is -2.41. The van der Waals surface area contributed by atoms with Crippen molar-refractivity contribution in [2.45, 2.75) is 58.2 Å². The van der Waals surface area contributed by atoms with Crippen molar-refractivity contribution >= 4 is 14.4 Å². The largest absolute Gasteiger partial charge is 0.518 e. The molecular formula is C15H26O2Si. The van der Waals surface area contributed by atoms with Gasteiger partial charge in [-0.25, -0.2) is 0 Å². The van der Waals surface area contributed by atoms with E-state index in [1.165, 1.54) is 0 Å². The Hall–Kier alpha value is -0.963. The maximum atomic E-state index is 6.39. The van der Waals surface area contributed by atoms with Gasteiger partial charge in [0.2, 0.25) is 0 Å². The fourth-order valence-corrected chi connectivity index (χ4v) is 8.19. The Kier molecular flexibility index (Phi) is 4.85. The van der Waals surface area contributed by atoms with Crippen molar-refractivity contribution in [2.24, 2.45) is 0 Å². The van der Waals surface area contributed by atoms with E-state index in [4.69, 9.17) is 8.84 Å². The molecule has 0 aliphatic carbocycles. The third kappa shape index (κ3) is 2.71. The molecule has 102 valence electrons. The lowest BCUT2D eigenvalue weighted by atomic mass is 10.4. The van der Waals surface area contributed by atoms with E-state index in [2.05, 4.69) is 48.1 Å². The first-order valence-electron chi connectivity index (χ1n) is 6.75. The Bertz CT molecular complexity index is 369. The van der Waals surface area contributed by atoms with Crippen molar-refractivity contribution in [1.82, 2.24) is 0 Å². The number of furan rings is 1. The summed E-state index contributed by atoms with van der Waals surface area (Å²) in [6.45, 7) is 17.3. The standard InChI is InChI=1S/C15H26O2Si/c1-8-14-9-10-15(16-14)17-18(11(2)3,12(4)5)13(6)7/h8-13H,1H2,2-7H3. The maximum absolute atomic E-state index is 6.39. The molecule has 0 unspecified atom stereocenters. The summed E-state index contributed by atoms with van der Waals surface area (Å²) in [5, 5.41) is 0. The molecule has 0 N–H and O–H groups in total. The van der Waals surface area contributed by atoms with Gasteiger partial charge >= 0.3 is 0 Å². The summed E-state index contributed by atoms with van der Waals surface area (Å²) in [5.41, 5.74) is 1.65. The normalized spacial score (nSPS) is 12.5. The molecule has 1 aromatic heterocycles. The van der Waals surface area contributed by atoms with Crippen LogP contribution in [0.4, 0.5) is 0 Å². The second-order valence-electron chi connectivity index (χ2n) is 5.78. The van der Waals surface area contributed by atoms with Crippen LogP contribution < -0.4 is 4.43 Å². The minimum atomic E-state index is -1.90. The highest BCUT2D eigenvalue weighted by atomic mass is 28.4. The van der Waals surface area contributed by atoms with Gasteiger partial charge in [-0.3, -0.25) is 0 Å². The molecule has 0 radical (unpaired) electrons. The van der Waals surface area contributed by atoms with Gasteiger partial charge in [0.25, 0.3) is 14.3 Å². The Morgan fingerprint density at radius 3 is 1.89 bits per heavy atom. The van der Waals surface area contributed by atoms with Crippen LogP contribution in [-0.2, 0) is 0 Å². The van der Waals surface area contributed by atoms with Gasteiger partial charge in [0.1, 0.15) is 5.76 Å². The SMILES string of the molecule is C=Cc1ccc(O[Si](C(C)C)(C(C)C)C(C)C)o1. The molecule has 0 atom stereocenters. The molecule has 3 heteroatoms. The van der Waals surface area contributed by atoms with Gasteiger partial charge < -0.3 is 8.84 Å². The topological polar surface area (TPSA) is 22.4 Å². The van der Waals surface area contributed by atoms with E-state index in [-0.39, 0.29) is 0 Å².